The third-order valence-corrected chi connectivity index (χ3v) is 4.16. The second kappa shape index (κ2) is 7.35. The molecule has 2 aromatic heterocycles. The summed E-state index contributed by atoms with van der Waals surface area (Å²) >= 11 is 0. The maximum Gasteiger partial charge on any atom is 0.263 e. The summed E-state index contributed by atoms with van der Waals surface area (Å²) < 4.78 is 0. The summed E-state index contributed by atoms with van der Waals surface area (Å²) in [7, 11) is 0. The van der Waals surface area contributed by atoms with E-state index < -0.39 is 0 Å². The van der Waals surface area contributed by atoms with Crippen molar-refractivity contribution in [3.8, 4) is 0 Å². The maximum atomic E-state index is 12.6. The number of aromatic amines is 1. The molecular formula is C17H21N5O2. The first-order valence-corrected chi connectivity index (χ1v) is 8.10. The maximum absolute atomic E-state index is 12.6. The highest BCUT2D eigenvalue weighted by Crippen LogP contribution is 2.10. The highest BCUT2D eigenvalue weighted by atomic mass is 16.2. The van der Waals surface area contributed by atoms with Crippen LogP contribution in [-0.2, 0) is 6.54 Å². The number of aromatic nitrogens is 3. The first-order valence-electron chi connectivity index (χ1n) is 8.10. The zero-order valence-electron chi connectivity index (χ0n) is 13.7. The van der Waals surface area contributed by atoms with Crippen LogP contribution in [0.2, 0.25) is 0 Å². The molecule has 3 heterocycles. The summed E-state index contributed by atoms with van der Waals surface area (Å²) in [5.74, 6) is 0.266. The van der Waals surface area contributed by atoms with Crippen molar-refractivity contribution in [3.63, 3.8) is 0 Å². The lowest BCUT2D eigenvalue weighted by Crippen LogP contribution is -2.38. The van der Waals surface area contributed by atoms with Gasteiger partial charge in [0.25, 0.3) is 11.5 Å². The third kappa shape index (κ3) is 3.86. The van der Waals surface area contributed by atoms with E-state index in [1.165, 1.54) is 6.20 Å². The predicted molar refractivity (Wildman–Crippen MR) is 89.6 cm³/mol. The van der Waals surface area contributed by atoms with Crippen molar-refractivity contribution in [2.75, 3.05) is 26.2 Å². The summed E-state index contributed by atoms with van der Waals surface area (Å²) in [6, 6.07) is 3.98. The highest BCUT2D eigenvalue weighted by molar-refractivity contribution is 5.93. The Bertz CT molecular complexity index is 759. The van der Waals surface area contributed by atoms with Crippen LogP contribution >= 0.6 is 0 Å². The SMILES string of the molecule is Cc1ncc(C(=O)N2CCCN(Cc3cccnc3)CC2)c(=O)[nH]1. The molecule has 0 aromatic carbocycles. The lowest BCUT2D eigenvalue weighted by atomic mass is 10.2. The zero-order chi connectivity index (χ0) is 16.9. The Balaban J connectivity index is 1.64. The van der Waals surface area contributed by atoms with E-state index >= 15 is 0 Å². The number of rotatable bonds is 3. The smallest absolute Gasteiger partial charge is 0.263 e. The topological polar surface area (TPSA) is 82.2 Å². The van der Waals surface area contributed by atoms with Gasteiger partial charge in [-0.25, -0.2) is 4.98 Å². The first kappa shape index (κ1) is 16.3. The van der Waals surface area contributed by atoms with Gasteiger partial charge in [0.2, 0.25) is 0 Å². The highest BCUT2D eigenvalue weighted by Gasteiger charge is 2.22. The monoisotopic (exact) mass is 327 g/mol. The number of amides is 1. The first-order chi connectivity index (χ1) is 11.6. The molecule has 7 heteroatoms. The number of nitrogens with one attached hydrogen (secondary N) is 1. The van der Waals surface area contributed by atoms with Crippen molar-refractivity contribution >= 4 is 5.91 Å². The molecule has 0 atom stereocenters. The number of hydrogen-bond acceptors (Lipinski definition) is 5. The quantitative estimate of drug-likeness (QED) is 0.902. The predicted octanol–water partition coefficient (Wildman–Crippen LogP) is 0.821. The van der Waals surface area contributed by atoms with E-state index in [-0.39, 0.29) is 17.0 Å². The number of carbonyl (C=O) groups is 1. The minimum Gasteiger partial charge on any atom is -0.337 e. The molecule has 0 saturated carbocycles. The van der Waals surface area contributed by atoms with Gasteiger partial charge in [-0.1, -0.05) is 6.07 Å². The largest absolute Gasteiger partial charge is 0.337 e. The van der Waals surface area contributed by atoms with E-state index in [1.807, 2.05) is 12.3 Å². The standard InChI is InChI=1S/C17H21N5O2/c1-13-19-11-15(16(23)20-13)17(24)22-7-3-6-21(8-9-22)12-14-4-2-5-18-10-14/h2,4-5,10-11H,3,6-9,12H2,1H3,(H,19,20,23). The van der Waals surface area contributed by atoms with Gasteiger partial charge in [-0.2, -0.15) is 0 Å². The number of aryl methyl sites for hydroxylation is 1. The minimum absolute atomic E-state index is 0.112. The van der Waals surface area contributed by atoms with Crippen molar-refractivity contribution in [1.29, 1.82) is 0 Å². The Labute approximate surface area is 140 Å². The van der Waals surface area contributed by atoms with Crippen LogP contribution < -0.4 is 5.56 Å². The normalized spacial score (nSPS) is 16.0. The Hall–Kier alpha value is -2.54. The molecule has 7 nitrogen and oxygen atoms in total. The summed E-state index contributed by atoms with van der Waals surface area (Å²) in [4.78, 5) is 39.3. The summed E-state index contributed by atoms with van der Waals surface area (Å²) in [6.45, 7) is 5.46. The van der Waals surface area contributed by atoms with Crippen LogP contribution in [0.15, 0.2) is 35.5 Å². The molecule has 1 amide bonds. The van der Waals surface area contributed by atoms with Gasteiger partial charge in [0, 0.05) is 51.3 Å². The molecule has 0 bridgehead atoms. The molecule has 0 unspecified atom stereocenters. The number of nitrogens with zero attached hydrogens (tertiary/aromatic N) is 4. The van der Waals surface area contributed by atoms with Crippen LogP contribution in [0.3, 0.4) is 0 Å². The van der Waals surface area contributed by atoms with E-state index in [0.29, 0.717) is 18.9 Å². The lowest BCUT2D eigenvalue weighted by molar-refractivity contribution is 0.0758. The lowest BCUT2D eigenvalue weighted by Gasteiger charge is -2.21. The van der Waals surface area contributed by atoms with Crippen molar-refractivity contribution in [2.24, 2.45) is 0 Å². The van der Waals surface area contributed by atoms with E-state index in [9.17, 15) is 9.59 Å². The van der Waals surface area contributed by atoms with Crippen LogP contribution in [-0.4, -0.2) is 56.8 Å². The number of carbonyl (C=O) groups excluding carboxylic acids is 1. The molecule has 3 rings (SSSR count). The van der Waals surface area contributed by atoms with E-state index in [4.69, 9.17) is 0 Å². The molecule has 24 heavy (non-hydrogen) atoms. The third-order valence-electron chi connectivity index (χ3n) is 4.16. The van der Waals surface area contributed by atoms with Gasteiger partial charge in [-0.05, 0) is 25.0 Å². The van der Waals surface area contributed by atoms with Gasteiger partial charge in [-0.15, -0.1) is 0 Å². The van der Waals surface area contributed by atoms with E-state index in [1.54, 1.807) is 18.0 Å². The number of pyridine rings is 1. The van der Waals surface area contributed by atoms with Crippen molar-refractivity contribution < 1.29 is 4.79 Å². The molecule has 1 fully saturated rings. The second-order valence-electron chi connectivity index (χ2n) is 5.99. The molecule has 0 spiro atoms. The zero-order valence-corrected chi connectivity index (χ0v) is 13.7. The fourth-order valence-corrected chi connectivity index (χ4v) is 2.89. The van der Waals surface area contributed by atoms with E-state index in [0.717, 1.165) is 31.6 Å². The molecular weight excluding hydrogens is 306 g/mol. The summed E-state index contributed by atoms with van der Waals surface area (Å²) in [5.41, 5.74) is 0.904. The molecule has 1 N–H and O–H groups in total. The fourth-order valence-electron chi connectivity index (χ4n) is 2.89. The molecule has 1 saturated heterocycles. The van der Waals surface area contributed by atoms with Crippen molar-refractivity contribution in [2.45, 2.75) is 19.9 Å². The van der Waals surface area contributed by atoms with Gasteiger partial charge < -0.3 is 9.88 Å². The van der Waals surface area contributed by atoms with Crippen molar-refractivity contribution in [3.05, 3.63) is 58.0 Å². The average molecular weight is 327 g/mol. The van der Waals surface area contributed by atoms with E-state index in [2.05, 4.69) is 25.9 Å². The fraction of sp³-hybridized carbons (Fsp3) is 0.412. The Kier molecular flexibility index (Phi) is 5.00. The van der Waals surface area contributed by atoms with Crippen LogP contribution in [0.5, 0.6) is 0 Å². The van der Waals surface area contributed by atoms with Crippen LogP contribution in [0.25, 0.3) is 0 Å². The van der Waals surface area contributed by atoms with Gasteiger partial charge in [-0.3, -0.25) is 19.5 Å². The number of H-pyrrole nitrogens is 1. The Morgan fingerprint density at radius 1 is 1.25 bits per heavy atom. The molecule has 1 aliphatic heterocycles. The molecule has 1 aliphatic rings. The van der Waals surface area contributed by atoms with Gasteiger partial charge in [0.1, 0.15) is 11.4 Å². The minimum atomic E-state index is -0.371. The molecule has 2 aromatic rings. The van der Waals surface area contributed by atoms with Crippen LogP contribution in [0.4, 0.5) is 0 Å². The summed E-state index contributed by atoms with van der Waals surface area (Å²) in [5, 5.41) is 0. The average Bonchev–Trinajstić information content (AvgIpc) is 2.81. The van der Waals surface area contributed by atoms with Crippen molar-refractivity contribution in [1.82, 2.24) is 24.8 Å². The second-order valence-corrected chi connectivity index (χ2v) is 5.99. The summed E-state index contributed by atoms with van der Waals surface area (Å²) in [6.07, 6.45) is 5.88. The molecule has 0 aliphatic carbocycles. The van der Waals surface area contributed by atoms with Gasteiger partial charge in [0.15, 0.2) is 0 Å². The number of hydrogen-bond donors (Lipinski definition) is 1. The molecule has 126 valence electrons. The molecule has 0 radical (unpaired) electrons. The van der Waals surface area contributed by atoms with Gasteiger partial charge >= 0.3 is 0 Å². The van der Waals surface area contributed by atoms with Crippen LogP contribution in [0, 0.1) is 6.92 Å². The van der Waals surface area contributed by atoms with Crippen LogP contribution in [0.1, 0.15) is 28.2 Å². The Morgan fingerprint density at radius 2 is 2.12 bits per heavy atom. The Morgan fingerprint density at radius 3 is 2.88 bits per heavy atom. The van der Waals surface area contributed by atoms with Gasteiger partial charge in [0.05, 0.1) is 0 Å².